The van der Waals surface area contributed by atoms with Crippen LogP contribution in [0.3, 0.4) is 0 Å². The normalized spacial score (nSPS) is 10.6. The van der Waals surface area contributed by atoms with Gasteiger partial charge in [0.2, 0.25) is 0 Å². The molecule has 4 aromatic rings. The van der Waals surface area contributed by atoms with Crippen molar-refractivity contribution in [2.45, 2.75) is 6.92 Å². The van der Waals surface area contributed by atoms with Crippen molar-refractivity contribution in [2.75, 3.05) is 19.5 Å². The van der Waals surface area contributed by atoms with E-state index < -0.39 is 5.97 Å². The van der Waals surface area contributed by atoms with Gasteiger partial charge in [-0.1, -0.05) is 42.5 Å². The number of methoxy groups -OCH3 is 2. The van der Waals surface area contributed by atoms with E-state index in [4.69, 9.17) is 9.47 Å². The van der Waals surface area contributed by atoms with Crippen LogP contribution >= 0.6 is 22.7 Å². The van der Waals surface area contributed by atoms with E-state index in [0.29, 0.717) is 32.4 Å². The first-order valence-corrected chi connectivity index (χ1v) is 11.4. The summed E-state index contributed by atoms with van der Waals surface area (Å²) in [6.07, 6.45) is 0. The molecular formula is C24H20N2O4S2. The summed E-state index contributed by atoms with van der Waals surface area (Å²) in [4.78, 5) is 30.7. The number of hydrogen-bond acceptors (Lipinski definition) is 7. The van der Waals surface area contributed by atoms with E-state index in [9.17, 15) is 9.59 Å². The minimum Gasteiger partial charge on any atom is -0.497 e. The van der Waals surface area contributed by atoms with Gasteiger partial charge < -0.3 is 14.8 Å². The Kier molecular flexibility index (Phi) is 6.34. The molecule has 2 aromatic heterocycles. The lowest BCUT2D eigenvalue weighted by molar-refractivity contribution is 0.0603. The number of rotatable bonds is 6. The minimum absolute atomic E-state index is 0.310. The van der Waals surface area contributed by atoms with Gasteiger partial charge in [0.15, 0.2) is 0 Å². The maximum absolute atomic E-state index is 13.1. The highest BCUT2D eigenvalue weighted by atomic mass is 32.1. The third kappa shape index (κ3) is 4.28. The second-order valence-electron chi connectivity index (χ2n) is 6.83. The van der Waals surface area contributed by atoms with E-state index in [1.165, 1.54) is 29.8 Å². The van der Waals surface area contributed by atoms with Crippen LogP contribution in [0, 0.1) is 6.92 Å². The topological polar surface area (TPSA) is 77.5 Å². The first-order chi connectivity index (χ1) is 15.5. The Balaban J connectivity index is 1.66. The van der Waals surface area contributed by atoms with Crippen molar-refractivity contribution >= 4 is 39.6 Å². The van der Waals surface area contributed by atoms with Gasteiger partial charge in [-0.25, -0.2) is 9.78 Å². The Morgan fingerprint density at radius 3 is 2.34 bits per heavy atom. The van der Waals surface area contributed by atoms with Gasteiger partial charge in [-0.05, 0) is 24.6 Å². The number of nitrogens with one attached hydrogen (secondary N) is 1. The third-order valence-corrected chi connectivity index (χ3v) is 6.93. The number of amides is 1. The zero-order chi connectivity index (χ0) is 22.7. The van der Waals surface area contributed by atoms with Gasteiger partial charge in [-0.3, -0.25) is 4.79 Å². The van der Waals surface area contributed by atoms with Crippen LogP contribution in [0.25, 0.3) is 21.7 Å². The highest BCUT2D eigenvalue weighted by molar-refractivity contribution is 7.17. The average molecular weight is 465 g/mol. The quantitative estimate of drug-likeness (QED) is 0.360. The molecule has 0 aliphatic heterocycles. The standard InChI is InChI=1S/C24H20N2O4S2/c1-14-20(32-22(25-14)16-7-5-4-6-8-16)21(27)26-23-19(24(28)30-3)18(13-31-23)15-9-11-17(29-2)12-10-15/h4-13H,1-3H3,(H,26,27). The van der Waals surface area contributed by atoms with Crippen LogP contribution in [0.5, 0.6) is 5.75 Å². The number of esters is 1. The highest BCUT2D eigenvalue weighted by Gasteiger charge is 2.24. The summed E-state index contributed by atoms with van der Waals surface area (Å²) in [7, 11) is 2.92. The smallest absolute Gasteiger partial charge is 0.341 e. The number of benzene rings is 2. The van der Waals surface area contributed by atoms with Gasteiger partial charge in [0, 0.05) is 16.5 Å². The Morgan fingerprint density at radius 2 is 1.69 bits per heavy atom. The molecule has 0 aliphatic rings. The van der Waals surface area contributed by atoms with Crippen molar-refractivity contribution in [1.29, 1.82) is 0 Å². The maximum Gasteiger partial charge on any atom is 0.341 e. The van der Waals surface area contributed by atoms with Gasteiger partial charge in [-0.15, -0.1) is 22.7 Å². The van der Waals surface area contributed by atoms with E-state index in [1.54, 1.807) is 14.0 Å². The van der Waals surface area contributed by atoms with E-state index in [2.05, 4.69) is 10.3 Å². The van der Waals surface area contributed by atoms with Gasteiger partial charge in [0.25, 0.3) is 5.91 Å². The number of anilines is 1. The van der Waals surface area contributed by atoms with E-state index in [1.807, 2.05) is 60.0 Å². The molecule has 162 valence electrons. The number of hydrogen-bond donors (Lipinski definition) is 1. The molecule has 0 unspecified atom stereocenters. The molecule has 32 heavy (non-hydrogen) atoms. The van der Waals surface area contributed by atoms with Crippen LogP contribution in [0.4, 0.5) is 5.00 Å². The molecule has 6 nitrogen and oxygen atoms in total. The predicted molar refractivity (Wildman–Crippen MR) is 128 cm³/mol. The van der Waals surface area contributed by atoms with Crippen molar-refractivity contribution < 1.29 is 19.1 Å². The van der Waals surface area contributed by atoms with Crippen molar-refractivity contribution in [3.63, 3.8) is 0 Å². The predicted octanol–water partition coefficient (Wildman–Crippen LogP) is 5.89. The summed E-state index contributed by atoms with van der Waals surface area (Å²) in [5, 5.41) is 5.92. The summed E-state index contributed by atoms with van der Waals surface area (Å²) >= 11 is 2.60. The fraction of sp³-hybridized carbons (Fsp3) is 0.125. The Labute approximate surface area is 193 Å². The number of carbonyl (C=O) groups excluding carboxylic acids is 2. The number of thiazole rings is 1. The van der Waals surface area contributed by atoms with Crippen molar-refractivity contribution in [3.8, 4) is 27.4 Å². The first kappa shape index (κ1) is 21.7. The SMILES string of the molecule is COC(=O)c1c(-c2ccc(OC)cc2)csc1NC(=O)c1sc(-c2ccccc2)nc1C. The fourth-order valence-electron chi connectivity index (χ4n) is 3.21. The molecular weight excluding hydrogens is 444 g/mol. The number of carbonyl (C=O) groups is 2. The fourth-order valence-corrected chi connectivity index (χ4v) is 5.13. The highest BCUT2D eigenvalue weighted by Crippen LogP contribution is 2.37. The van der Waals surface area contributed by atoms with Crippen LogP contribution in [-0.4, -0.2) is 31.1 Å². The summed E-state index contributed by atoms with van der Waals surface area (Å²) in [5.41, 5.74) is 3.42. The number of aryl methyl sites for hydroxylation is 1. The van der Waals surface area contributed by atoms with E-state index in [0.717, 1.165) is 16.1 Å². The largest absolute Gasteiger partial charge is 0.497 e. The van der Waals surface area contributed by atoms with Crippen molar-refractivity contribution in [2.24, 2.45) is 0 Å². The molecule has 0 bridgehead atoms. The molecule has 2 aromatic carbocycles. The second-order valence-corrected chi connectivity index (χ2v) is 8.71. The molecule has 1 N–H and O–H groups in total. The van der Waals surface area contributed by atoms with Crippen LogP contribution < -0.4 is 10.1 Å². The molecule has 0 radical (unpaired) electrons. The van der Waals surface area contributed by atoms with Crippen LogP contribution in [0.2, 0.25) is 0 Å². The number of nitrogens with zero attached hydrogens (tertiary/aromatic N) is 1. The zero-order valence-corrected chi connectivity index (χ0v) is 19.3. The van der Waals surface area contributed by atoms with Gasteiger partial charge in [0.05, 0.1) is 19.9 Å². The lowest BCUT2D eigenvalue weighted by Crippen LogP contribution is -2.14. The second kappa shape index (κ2) is 9.33. The minimum atomic E-state index is -0.515. The molecule has 0 aliphatic carbocycles. The van der Waals surface area contributed by atoms with Crippen molar-refractivity contribution in [1.82, 2.24) is 4.98 Å². The van der Waals surface area contributed by atoms with E-state index in [-0.39, 0.29) is 5.91 Å². The van der Waals surface area contributed by atoms with Crippen LogP contribution in [-0.2, 0) is 4.74 Å². The lowest BCUT2D eigenvalue weighted by Gasteiger charge is -2.08. The number of aromatic nitrogens is 1. The molecule has 0 spiro atoms. The Morgan fingerprint density at radius 1 is 0.969 bits per heavy atom. The van der Waals surface area contributed by atoms with Gasteiger partial charge in [0.1, 0.15) is 26.2 Å². The summed E-state index contributed by atoms with van der Waals surface area (Å²) in [5.74, 6) is -0.110. The van der Waals surface area contributed by atoms with Crippen LogP contribution in [0.1, 0.15) is 25.7 Å². The molecule has 1 amide bonds. The Bertz CT molecular complexity index is 1260. The van der Waals surface area contributed by atoms with Gasteiger partial charge in [-0.2, -0.15) is 0 Å². The molecule has 0 saturated carbocycles. The third-order valence-electron chi connectivity index (χ3n) is 4.83. The first-order valence-electron chi connectivity index (χ1n) is 9.70. The maximum atomic E-state index is 13.1. The lowest BCUT2D eigenvalue weighted by atomic mass is 10.0. The van der Waals surface area contributed by atoms with E-state index >= 15 is 0 Å². The number of ether oxygens (including phenoxy) is 2. The summed E-state index contributed by atoms with van der Waals surface area (Å²) in [6, 6.07) is 17.1. The average Bonchev–Trinajstić information content (AvgIpc) is 3.43. The van der Waals surface area contributed by atoms with Crippen molar-refractivity contribution in [3.05, 3.63) is 76.1 Å². The summed E-state index contributed by atoms with van der Waals surface area (Å²) in [6.45, 7) is 1.80. The number of thiophene rings is 1. The molecule has 0 atom stereocenters. The Hall–Kier alpha value is -3.49. The molecule has 8 heteroatoms. The molecule has 4 rings (SSSR count). The molecule has 2 heterocycles. The van der Waals surface area contributed by atoms with Crippen LogP contribution in [0.15, 0.2) is 60.0 Å². The summed E-state index contributed by atoms with van der Waals surface area (Å²) < 4.78 is 10.2. The monoisotopic (exact) mass is 464 g/mol. The molecule has 0 fully saturated rings. The zero-order valence-electron chi connectivity index (χ0n) is 17.7. The molecule has 0 saturated heterocycles. The van der Waals surface area contributed by atoms with Gasteiger partial charge >= 0.3 is 5.97 Å².